The number of carboxylic acids is 1. The van der Waals surface area contributed by atoms with E-state index in [0.717, 1.165) is 10.0 Å². The van der Waals surface area contributed by atoms with E-state index >= 15 is 0 Å². The maximum Gasteiger partial charge on any atom is 0.307 e. The largest absolute Gasteiger partial charge is 0.481 e. The van der Waals surface area contributed by atoms with Crippen molar-refractivity contribution in [2.24, 2.45) is 11.3 Å². The lowest BCUT2D eigenvalue weighted by atomic mass is 10.0. The maximum atomic E-state index is 11.1. The molecular weight excluding hydrogens is 268 g/mol. The summed E-state index contributed by atoms with van der Waals surface area (Å²) in [4.78, 5) is 11.1. The fourth-order valence-corrected chi connectivity index (χ4v) is 2.92. The number of hydrogen-bond donors (Lipinski definition) is 1. The zero-order valence-electron chi connectivity index (χ0n) is 9.62. The molecule has 3 heteroatoms. The zero-order valence-corrected chi connectivity index (χ0v) is 11.2. The van der Waals surface area contributed by atoms with Crippen LogP contribution >= 0.6 is 15.9 Å². The number of aliphatic carboxylic acids is 1. The third-order valence-corrected chi connectivity index (χ3v) is 4.50. The van der Waals surface area contributed by atoms with E-state index in [4.69, 9.17) is 5.11 Å². The predicted octanol–water partition coefficient (Wildman–Crippen LogP) is 3.58. The van der Waals surface area contributed by atoms with Gasteiger partial charge in [-0.25, -0.2) is 0 Å². The predicted molar refractivity (Wildman–Crippen MR) is 66.5 cm³/mol. The lowest BCUT2D eigenvalue weighted by molar-refractivity contribution is -0.139. The molecule has 16 heavy (non-hydrogen) atoms. The Morgan fingerprint density at radius 2 is 2.06 bits per heavy atom. The van der Waals surface area contributed by atoms with E-state index in [1.54, 1.807) is 0 Å². The monoisotopic (exact) mass is 282 g/mol. The molecule has 1 aromatic rings. The van der Waals surface area contributed by atoms with Gasteiger partial charge in [-0.15, -0.1) is 0 Å². The summed E-state index contributed by atoms with van der Waals surface area (Å²) in [5.74, 6) is -0.796. The lowest BCUT2D eigenvalue weighted by Gasteiger charge is -2.05. The quantitative estimate of drug-likeness (QED) is 0.900. The fraction of sp³-hybridized carbons (Fsp3) is 0.462. The Hall–Kier alpha value is -0.830. The van der Waals surface area contributed by atoms with Crippen LogP contribution in [0.5, 0.6) is 0 Å². The minimum absolute atomic E-state index is 0.124. The van der Waals surface area contributed by atoms with Crippen LogP contribution in [0.4, 0.5) is 0 Å². The van der Waals surface area contributed by atoms with Gasteiger partial charge in [0.25, 0.3) is 0 Å². The molecule has 1 aliphatic rings. The van der Waals surface area contributed by atoms with Gasteiger partial charge in [0.15, 0.2) is 0 Å². The van der Waals surface area contributed by atoms with Gasteiger partial charge in [-0.05, 0) is 29.5 Å². The highest BCUT2D eigenvalue weighted by Gasteiger charge is 2.62. The second kappa shape index (κ2) is 3.59. The first-order chi connectivity index (χ1) is 7.35. The SMILES string of the molecule is Cc1ccc(C2C(C(=O)O)C2(C)C)cc1Br. The van der Waals surface area contributed by atoms with Crippen molar-refractivity contribution < 1.29 is 9.90 Å². The first-order valence-electron chi connectivity index (χ1n) is 5.34. The van der Waals surface area contributed by atoms with E-state index in [-0.39, 0.29) is 17.3 Å². The third-order valence-electron chi connectivity index (χ3n) is 3.65. The molecule has 1 aromatic carbocycles. The van der Waals surface area contributed by atoms with Crippen molar-refractivity contribution in [3.63, 3.8) is 0 Å². The molecule has 2 atom stereocenters. The Kier molecular flexibility index (Phi) is 2.61. The number of halogens is 1. The van der Waals surface area contributed by atoms with Crippen molar-refractivity contribution in [2.75, 3.05) is 0 Å². The van der Waals surface area contributed by atoms with Gasteiger partial charge in [-0.3, -0.25) is 4.79 Å². The minimum atomic E-state index is -0.688. The summed E-state index contributed by atoms with van der Waals surface area (Å²) in [7, 11) is 0. The first-order valence-corrected chi connectivity index (χ1v) is 6.14. The number of carbonyl (C=O) groups is 1. The summed E-state index contributed by atoms with van der Waals surface area (Å²) in [5, 5.41) is 9.13. The molecule has 86 valence electrons. The van der Waals surface area contributed by atoms with Crippen LogP contribution < -0.4 is 0 Å². The number of hydrogen-bond acceptors (Lipinski definition) is 1. The molecule has 0 aromatic heterocycles. The average molecular weight is 283 g/mol. The smallest absolute Gasteiger partial charge is 0.307 e. The van der Waals surface area contributed by atoms with E-state index < -0.39 is 5.97 Å². The molecule has 1 N–H and O–H groups in total. The van der Waals surface area contributed by atoms with Gasteiger partial charge in [-0.2, -0.15) is 0 Å². The summed E-state index contributed by atoms with van der Waals surface area (Å²) in [6.07, 6.45) is 0. The van der Waals surface area contributed by atoms with Crippen molar-refractivity contribution in [1.29, 1.82) is 0 Å². The van der Waals surface area contributed by atoms with Crippen LogP contribution in [0.25, 0.3) is 0 Å². The molecule has 0 spiro atoms. The summed E-state index contributed by atoms with van der Waals surface area (Å²) in [6.45, 7) is 6.06. The molecule has 2 unspecified atom stereocenters. The standard InChI is InChI=1S/C13H15BrO2/c1-7-4-5-8(6-9(7)14)10-11(12(15)16)13(10,2)3/h4-6,10-11H,1-3H3,(H,15,16). The molecule has 1 aliphatic carbocycles. The Morgan fingerprint density at radius 1 is 1.44 bits per heavy atom. The zero-order chi connectivity index (χ0) is 12.1. The van der Waals surface area contributed by atoms with E-state index in [0.29, 0.717) is 0 Å². The minimum Gasteiger partial charge on any atom is -0.481 e. The van der Waals surface area contributed by atoms with Crippen LogP contribution in [0.3, 0.4) is 0 Å². The average Bonchev–Trinajstić information content (AvgIpc) is 2.74. The summed E-state index contributed by atoms with van der Waals surface area (Å²) in [6, 6.07) is 6.12. The topological polar surface area (TPSA) is 37.3 Å². The molecule has 2 nitrogen and oxygen atoms in total. The molecule has 2 rings (SSSR count). The van der Waals surface area contributed by atoms with Gasteiger partial charge in [0.2, 0.25) is 0 Å². The Bertz CT molecular complexity index is 451. The number of carboxylic acid groups (broad SMARTS) is 1. The van der Waals surface area contributed by atoms with Crippen molar-refractivity contribution in [3.05, 3.63) is 33.8 Å². The van der Waals surface area contributed by atoms with Crippen LogP contribution in [-0.2, 0) is 4.79 Å². The van der Waals surface area contributed by atoms with Crippen LogP contribution in [0.15, 0.2) is 22.7 Å². The summed E-state index contributed by atoms with van der Waals surface area (Å²) < 4.78 is 1.05. The second-order valence-corrected chi connectivity index (χ2v) is 5.98. The molecule has 0 radical (unpaired) electrons. The highest BCUT2D eigenvalue weighted by atomic mass is 79.9. The third kappa shape index (κ3) is 1.67. The Balaban J connectivity index is 2.33. The lowest BCUT2D eigenvalue weighted by Crippen LogP contribution is -2.03. The molecule has 0 aliphatic heterocycles. The van der Waals surface area contributed by atoms with Crippen LogP contribution in [0.2, 0.25) is 0 Å². The highest BCUT2D eigenvalue weighted by molar-refractivity contribution is 9.10. The van der Waals surface area contributed by atoms with E-state index in [1.165, 1.54) is 5.56 Å². The number of aryl methyl sites for hydroxylation is 1. The number of benzene rings is 1. The van der Waals surface area contributed by atoms with Gasteiger partial charge in [0.1, 0.15) is 0 Å². The maximum absolute atomic E-state index is 11.1. The molecule has 0 saturated heterocycles. The van der Waals surface area contributed by atoms with Gasteiger partial charge in [-0.1, -0.05) is 41.9 Å². The normalized spacial score (nSPS) is 26.5. The van der Waals surface area contributed by atoms with Crippen LogP contribution in [-0.4, -0.2) is 11.1 Å². The van der Waals surface area contributed by atoms with E-state index in [9.17, 15) is 4.79 Å². The first kappa shape index (κ1) is 11.6. The molecule has 0 amide bonds. The van der Waals surface area contributed by atoms with Crippen molar-refractivity contribution >= 4 is 21.9 Å². The Morgan fingerprint density at radius 3 is 2.50 bits per heavy atom. The Labute approximate surface area is 104 Å². The van der Waals surface area contributed by atoms with Gasteiger partial charge in [0, 0.05) is 10.4 Å². The second-order valence-electron chi connectivity index (χ2n) is 5.12. The molecule has 0 heterocycles. The molecular formula is C13H15BrO2. The van der Waals surface area contributed by atoms with Crippen LogP contribution in [0.1, 0.15) is 30.9 Å². The molecule has 1 saturated carbocycles. The molecule has 0 bridgehead atoms. The van der Waals surface area contributed by atoms with E-state index in [2.05, 4.69) is 15.9 Å². The van der Waals surface area contributed by atoms with Crippen molar-refractivity contribution in [1.82, 2.24) is 0 Å². The van der Waals surface area contributed by atoms with E-state index in [1.807, 2.05) is 39.0 Å². The van der Waals surface area contributed by atoms with Crippen molar-refractivity contribution in [2.45, 2.75) is 26.7 Å². The fourth-order valence-electron chi connectivity index (χ4n) is 2.52. The molecule has 1 fully saturated rings. The van der Waals surface area contributed by atoms with Crippen LogP contribution in [0, 0.1) is 18.3 Å². The summed E-state index contributed by atoms with van der Waals surface area (Å²) in [5.41, 5.74) is 2.17. The van der Waals surface area contributed by atoms with Gasteiger partial charge >= 0.3 is 5.97 Å². The van der Waals surface area contributed by atoms with Gasteiger partial charge < -0.3 is 5.11 Å². The number of rotatable bonds is 2. The highest BCUT2D eigenvalue weighted by Crippen LogP contribution is 2.64. The van der Waals surface area contributed by atoms with Crippen molar-refractivity contribution in [3.8, 4) is 0 Å². The van der Waals surface area contributed by atoms with Gasteiger partial charge in [0.05, 0.1) is 5.92 Å². The summed E-state index contributed by atoms with van der Waals surface area (Å²) >= 11 is 3.49.